The molecule has 6 heteroatoms. The number of halogens is 1. The zero-order chi connectivity index (χ0) is 18.1. The van der Waals surface area contributed by atoms with Gasteiger partial charge in [-0.2, -0.15) is 0 Å². The number of anilines is 1. The average molecular weight is 380 g/mol. The van der Waals surface area contributed by atoms with E-state index in [0.717, 1.165) is 32.2 Å². The molecule has 0 aliphatic rings. The third-order valence-electron chi connectivity index (χ3n) is 3.99. The molecule has 1 amide bonds. The maximum absolute atomic E-state index is 12.5. The summed E-state index contributed by atoms with van der Waals surface area (Å²) < 4.78 is 0. The molecule has 4 aromatic rings. The number of pyridine rings is 1. The van der Waals surface area contributed by atoms with Gasteiger partial charge in [0.25, 0.3) is 5.91 Å². The first-order chi connectivity index (χ1) is 12.6. The summed E-state index contributed by atoms with van der Waals surface area (Å²) in [6.07, 6.45) is 1.76. The molecular weight excluding hydrogens is 366 g/mol. The molecule has 0 atom stereocenters. The Morgan fingerprint density at radius 2 is 2.00 bits per heavy atom. The number of nitrogens with zero attached hydrogens (tertiary/aromatic N) is 2. The second kappa shape index (κ2) is 6.86. The molecule has 0 spiro atoms. The second-order valence-electron chi connectivity index (χ2n) is 5.84. The lowest BCUT2D eigenvalue weighted by Gasteiger charge is -2.10. The van der Waals surface area contributed by atoms with Crippen LogP contribution in [0, 0.1) is 6.92 Å². The molecule has 128 valence electrons. The summed E-state index contributed by atoms with van der Waals surface area (Å²) in [6, 6.07) is 16.6. The molecule has 4 nitrogen and oxygen atoms in total. The highest BCUT2D eigenvalue weighted by Gasteiger charge is 2.12. The number of aromatic nitrogens is 2. The number of carbonyl (C=O) groups is 1. The zero-order valence-corrected chi connectivity index (χ0v) is 15.4. The minimum Gasteiger partial charge on any atom is -0.322 e. The smallest absolute Gasteiger partial charge is 0.255 e. The van der Waals surface area contributed by atoms with Gasteiger partial charge in [0.05, 0.1) is 0 Å². The molecule has 2 aromatic carbocycles. The molecule has 0 saturated carbocycles. The summed E-state index contributed by atoms with van der Waals surface area (Å²) in [5.74, 6) is -0.196. The van der Waals surface area contributed by atoms with Gasteiger partial charge in [0.2, 0.25) is 0 Å². The van der Waals surface area contributed by atoms with E-state index in [0.29, 0.717) is 10.6 Å². The van der Waals surface area contributed by atoms with Crippen molar-refractivity contribution in [3.05, 3.63) is 76.9 Å². The van der Waals surface area contributed by atoms with Gasteiger partial charge in [-0.1, -0.05) is 41.1 Å². The highest BCUT2D eigenvalue weighted by molar-refractivity contribution is 7.21. The van der Waals surface area contributed by atoms with Crippen LogP contribution in [0.4, 0.5) is 5.69 Å². The van der Waals surface area contributed by atoms with E-state index in [-0.39, 0.29) is 5.91 Å². The summed E-state index contributed by atoms with van der Waals surface area (Å²) in [5, 5.41) is 4.37. The maximum atomic E-state index is 12.5. The largest absolute Gasteiger partial charge is 0.322 e. The third-order valence-corrected chi connectivity index (χ3v) is 5.25. The van der Waals surface area contributed by atoms with Gasteiger partial charge in [0.15, 0.2) is 0 Å². The lowest BCUT2D eigenvalue weighted by atomic mass is 10.1. The van der Waals surface area contributed by atoms with Gasteiger partial charge in [-0.15, -0.1) is 0 Å². The quantitative estimate of drug-likeness (QED) is 0.506. The Hall–Kier alpha value is -2.76. The van der Waals surface area contributed by atoms with Crippen LogP contribution in [0.3, 0.4) is 0 Å². The molecule has 0 radical (unpaired) electrons. The van der Waals surface area contributed by atoms with E-state index in [2.05, 4.69) is 15.3 Å². The third kappa shape index (κ3) is 3.31. The van der Waals surface area contributed by atoms with E-state index in [1.54, 1.807) is 30.5 Å². The molecule has 26 heavy (non-hydrogen) atoms. The number of amides is 1. The van der Waals surface area contributed by atoms with E-state index in [9.17, 15) is 4.79 Å². The minimum atomic E-state index is -0.196. The van der Waals surface area contributed by atoms with Gasteiger partial charge < -0.3 is 5.32 Å². The molecule has 0 bridgehead atoms. The van der Waals surface area contributed by atoms with Crippen molar-refractivity contribution in [2.75, 3.05) is 5.32 Å². The van der Waals surface area contributed by atoms with E-state index in [1.807, 2.05) is 37.3 Å². The second-order valence-corrected chi connectivity index (χ2v) is 7.25. The van der Waals surface area contributed by atoms with E-state index >= 15 is 0 Å². The lowest BCUT2D eigenvalue weighted by molar-refractivity contribution is 0.102. The van der Waals surface area contributed by atoms with Crippen molar-refractivity contribution < 1.29 is 4.79 Å². The number of fused-ring (bicyclic) bond motifs is 1. The summed E-state index contributed by atoms with van der Waals surface area (Å²) in [7, 11) is 0. The molecule has 0 aliphatic heterocycles. The molecule has 2 aromatic heterocycles. The molecular formula is C20H14ClN3OS. The van der Waals surface area contributed by atoms with E-state index in [1.165, 1.54) is 11.3 Å². The Kier molecular flexibility index (Phi) is 4.41. The number of thiazole rings is 1. The van der Waals surface area contributed by atoms with Crippen LogP contribution in [0.1, 0.15) is 15.9 Å². The fourth-order valence-corrected chi connectivity index (χ4v) is 3.70. The number of benzene rings is 2. The number of rotatable bonds is 3. The van der Waals surface area contributed by atoms with Gasteiger partial charge in [-0.05, 0) is 48.9 Å². The number of nitrogens with one attached hydrogen (secondary N) is 1. The first-order valence-corrected chi connectivity index (χ1v) is 9.19. The Balaban J connectivity index is 1.67. The molecule has 0 aliphatic carbocycles. The van der Waals surface area contributed by atoms with Crippen LogP contribution in [0.2, 0.25) is 5.02 Å². The van der Waals surface area contributed by atoms with Gasteiger partial charge in [-0.25, -0.2) is 9.97 Å². The van der Waals surface area contributed by atoms with E-state index < -0.39 is 0 Å². The molecule has 0 fully saturated rings. The molecule has 1 N–H and O–H groups in total. The zero-order valence-electron chi connectivity index (χ0n) is 13.9. The summed E-state index contributed by atoms with van der Waals surface area (Å²) in [5.41, 5.74) is 4.06. The number of hydrogen-bond acceptors (Lipinski definition) is 4. The van der Waals surface area contributed by atoms with Crippen LogP contribution in [-0.4, -0.2) is 15.9 Å². The lowest BCUT2D eigenvalue weighted by Crippen LogP contribution is -2.12. The van der Waals surface area contributed by atoms with Gasteiger partial charge in [-0.3, -0.25) is 4.79 Å². The van der Waals surface area contributed by atoms with Crippen LogP contribution in [0.5, 0.6) is 0 Å². The van der Waals surface area contributed by atoms with Crippen LogP contribution in [0.25, 0.3) is 20.9 Å². The predicted molar refractivity (Wildman–Crippen MR) is 107 cm³/mol. The first-order valence-electron chi connectivity index (χ1n) is 8.00. The molecule has 0 saturated heterocycles. The number of carbonyl (C=O) groups excluding carboxylic acids is 1. The van der Waals surface area contributed by atoms with Crippen molar-refractivity contribution in [3.63, 3.8) is 0 Å². The standard InChI is InChI=1S/C20H14ClN3OS/c1-12-7-8-14(19-24-16-6-3-9-22-20(16)26-19)11-17(12)23-18(25)13-4-2-5-15(21)10-13/h2-11H,1H3,(H,23,25). The highest BCUT2D eigenvalue weighted by atomic mass is 35.5. The van der Waals surface area contributed by atoms with Crippen molar-refractivity contribution in [1.82, 2.24) is 9.97 Å². The number of hydrogen-bond donors (Lipinski definition) is 1. The Morgan fingerprint density at radius 3 is 2.81 bits per heavy atom. The minimum absolute atomic E-state index is 0.196. The summed E-state index contributed by atoms with van der Waals surface area (Å²) in [4.78, 5) is 22.4. The van der Waals surface area contributed by atoms with Crippen molar-refractivity contribution in [3.8, 4) is 10.6 Å². The summed E-state index contributed by atoms with van der Waals surface area (Å²) in [6.45, 7) is 1.96. The fraction of sp³-hybridized carbons (Fsp3) is 0.0500. The fourth-order valence-electron chi connectivity index (χ4n) is 2.61. The van der Waals surface area contributed by atoms with E-state index in [4.69, 9.17) is 11.6 Å². The van der Waals surface area contributed by atoms with Gasteiger partial charge in [0, 0.05) is 28.0 Å². The normalized spacial score (nSPS) is 10.8. The predicted octanol–water partition coefficient (Wildman–Crippen LogP) is 5.57. The van der Waals surface area contributed by atoms with Gasteiger partial charge >= 0.3 is 0 Å². The average Bonchev–Trinajstić information content (AvgIpc) is 3.07. The van der Waals surface area contributed by atoms with Crippen LogP contribution in [-0.2, 0) is 0 Å². The SMILES string of the molecule is Cc1ccc(-c2nc3cccnc3s2)cc1NC(=O)c1cccc(Cl)c1. The van der Waals surface area contributed by atoms with Crippen molar-refractivity contribution in [1.29, 1.82) is 0 Å². The molecule has 2 heterocycles. The maximum Gasteiger partial charge on any atom is 0.255 e. The van der Waals surface area contributed by atoms with Crippen molar-refractivity contribution in [2.45, 2.75) is 6.92 Å². The number of aryl methyl sites for hydroxylation is 1. The van der Waals surface area contributed by atoms with Crippen molar-refractivity contribution >= 4 is 44.9 Å². The van der Waals surface area contributed by atoms with Gasteiger partial charge in [0.1, 0.15) is 15.4 Å². The molecule has 0 unspecified atom stereocenters. The Bertz CT molecular complexity index is 1090. The Morgan fingerprint density at radius 1 is 1.12 bits per heavy atom. The van der Waals surface area contributed by atoms with Crippen molar-refractivity contribution in [2.24, 2.45) is 0 Å². The summed E-state index contributed by atoms with van der Waals surface area (Å²) >= 11 is 7.50. The molecule has 4 rings (SSSR count). The first kappa shape index (κ1) is 16.7. The monoisotopic (exact) mass is 379 g/mol. The van der Waals surface area contributed by atoms with Crippen LogP contribution < -0.4 is 5.32 Å². The topological polar surface area (TPSA) is 54.9 Å². The highest BCUT2D eigenvalue weighted by Crippen LogP contribution is 2.31. The van der Waals surface area contributed by atoms with Crippen LogP contribution >= 0.6 is 22.9 Å². The van der Waals surface area contributed by atoms with Crippen LogP contribution in [0.15, 0.2) is 60.8 Å². The Labute approximate surface area is 159 Å².